The van der Waals surface area contributed by atoms with Gasteiger partial charge in [0, 0.05) is 18.1 Å². The van der Waals surface area contributed by atoms with Crippen LogP contribution >= 0.6 is 11.8 Å². The molecule has 0 bridgehead atoms. The summed E-state index contributed by atoms with van der Waals surface area (Å²) in [5.74, 6) is 0.608. The van der Waals surface area contributed by atoms with E-state index in [0.717, 1.165) is 16.7 Å². The van der Waals surface area contributed by atoms with Gasteiger partial charge >= 0.3 is 0 Å². The number of nitrogens with zero attached hydrogens (tertiary/aromatic N) is 1. The third kappa shape index (κ3) is 3.14. The Morgan fingerprint density at radius 2 is 2.17 bits per heavy atom. The number of nitrogens with one attached hydrogen (secondary N) is 2. The van der Waals surface area contributed by atoms with Gasteiger partial charge in [0.05, 0.1) is 5.56 Å². The van der Waals surface area contributed by atoms with E-state index in [1.54, 1.807) is 6.08 Å². The van der Waals surface area contributed by atoms with Gasteiger partial charge in [-0.2, -0.15) is 0 Å². The Kier molecular flexibility index (Phi) is 4.57. The molecule has 0 aliphatic carbocycles. The van der Waals surface area contributed by atoms with Crippen molar-refractivity contribution in [3.8, 4) is 0 Å². The minimum atomic E-state index is -0.274. The Morgan fingerprint density at radius 1 is 1.38 bits per heavy atom. The van der Waals surface area contributed by atoms with Gasteiger partial charge in [-0.25, -0.2) is 4.98 Å². The van der Waals surface area contributed by atoms with Crippen molar-refractivity contribution in [2.75, 3.05) is 11.1 Å². The molecule has 0 saturated heterocycles. The van der Waals surface area contributed by atoms with Crippen LogP contribution in [0.2, 0.25) is 0 Å². The molecular formula is C18H19N3O2S. The molecule has 0 unspecified atom stereocenters. The summed E-state index contributed by atoms with van der Waals surface area (Å²) < 4.78 is 0. The molecule has 0 saturated carbocycles. The lowest BCUT2D eigenvalue weighted by atomic mass is 9.84. The zero-order valence-electron chi connectivity index (χ0n) is 13.7. The molecule has 1 atom stereocenters. The van der Waals surface area contributed by atoms with Gasteiger partial charge in [-0.1, -0.05) is 41.6 Å². The summed E-state index contributed by atoms with van der Waals surface area (Å²) >= 11 is 1.37. The quantitative estimate of drug-likeness (QED) is 0.509. The minimum Gasteiger partial charge on any atom is -0.310 e. The number of rotatable bonds is 4. The second-order valence-corrected chi connectivity index (χ2v) is 6.91. The van der Waals surface area contributed by atoms with Crippen LogP contribution in [0.3, 0.4) is 0 Å². The number of carbonyl (C=O) groups excluding carboxylic acids is 1. The van der Waals surface area contributed by atoms with E-state index < -0.39 is 0 Å². The molecule has 124 valence electrons. The first-order valence-electron chi connectivity index (χ1n) is 7.74. The molecule has 6 heteroatoms. The lowest BCUT2D eigenvalue weighted by molar-refractivity contribution is -0.116. The van der Waals surface area contributed by atoms with Crippen molar-refractivity contribution in [1.29, 1.82) is 0 Å². The van der Waals surface area contributed by atoms with Crippen LogP contribution in [0.5, 0.6) is 0 Å². The molecule has 1 aliphatic heterocycles. The topological polar surface area (TPSA) is 74.8 Å². The Morgan fingerprint density at radius 3 is 2.88 bits per heavy atom. The molecule has 1 aliphatic rings. The van der Waals surface area contributed by atoms with Crippen molar-refractivity contribution in [3.63, 3.8) is 0 Å². The monoisotopic (exact) mass is 341 g/mol. The highest BCUT2D eigenvalue weighted by molar-refractivity contribution is 7.99. The van der Waals surface area contributed by atoms with Gasteiger partial charge in [0.15, 0.2) is 5.16 Å². The van der Waals surface area contributed by atoms with Gasteiger partial charge in [-0.15, -0.1) is 6.58 Å². The average Bonchev–Trinajstić information content (AvgIpc) is 2.51. The van der Waals surface area contributed by atoms with Gasteiger partial charge in [-0.3, -0.25) is 9.59 Å². The van der Waals surface area contributed by atoms with Crippen LogP contribution in [-0.4, -0.2) is 21.6 Å². The summed E-state index contributed by atoms with van der Waals surface area (Å²) in [5, 5.41) is 3.23. The van der Waals surface area contributed by atoms with Gasteiger partial charge in [0.25, 0.3) is 5.56 Å². The molecule has 2 aromatic rings. The fourth-order valence-corrected chi connectivity index (χ4v) is 3.64. The lowest BCUT2D eigenvalue weighted by Gasteiger charge is -2.25. The standard InChI is InChI=1S/C18H19N3O2S/c1-4-7-24-18-20-16-15(17(23)21-18)13(9-14(22)19-16)12-6-5-10(2)8-11(12)3/h4-6,8,13H,1,7,9H2,2-3H3,(H2,19,20,21,22,23)/t13-/m0/s1. The number of hydrogen-bond donors (Lipinski definition) is 2. The minimum absolute atomic E-state index is 0.120. The summed E-state index contributed by atoms with van der Waals surface area (Å²) in [6.45, 7) is 7.68. The molecule has 3 rings (SSSR count). The smallest absolute Gasteiger partial charge is 0.257 e. The van der Waals surface area contributed by atoms with Crippen LogP contribution < -0.4 is 10.9 Å². The number of aryl methyl sites for hydroxylation is 2. The SMILES string of the molecule is C=CCSc1nc2c(c(=O)[nH]1)[C@H](c1ccc(C)cc1C)CC(=O)N2. The number of benzene rings is 1. The van der Waals surface area contributed by atoms with Gasteiger partial charge in [-0.05, 0) is 25.0 Å². The van der Waals surface area contributed by atoms with Gasteiger partial charge < -0.3 is 10.3 Å². The summed E-state index contributed by atoms with van der Waals surface area (Å²) in [7, 11) is 0. The Bertz CT molecular complexity index is 873. The predicted molar refractivity (Wildman–Crippen MR) is 96.8 cm³/mol. The van der Waals surface area contributed by atoms with Crippen molar-refractivity contribution < 1.29 is 4.79 Å². The summed E-state index contributed by atoms with van der Waals surface area (Å²) in [4.78, 5) is 32.0. The number of H-pyrrole nitrogens is 1. The first-order valence-corrected chi connectivity index (χ1v) is 8.73. The van der Waals surface area contributed by atoms with Crippen molar-refractivity contribution in [2.24, 2.45) is 0 Å². The molecule has 0 fully saturated rings. The summed E-state index contributed by atoms with van der Waals surface area (Å²) in [6.07, 6.45) is 1.99. The molecule has 2 heterocycles. The second kappa shape index (κ2) is 6.65. The van der Waals surface area contributed by atoms with Crippen LogP contribution in [-0.2, 0) is 4.79 Å². The highest BCUT2D eigenvalue weighted by atomic mass is 32.2. The number of fused-ring (bicyclic) bond motifs is 1. The normalized spacial score (nSPS) is 16.4. The average molecular weight is 341 g/mol. The molecule has 1 aromatic heterocycles. The molecule has 5 nitrogen and oxygen atoms in total. The number of aromatic nitrogens is 2. The number of hydrogen-bond acceptors (Lipinski definition) is 4. The molecular weight excluding hydrogens is 322 g/mol. The highest BCUT2D eigenvalue weighted by Gasteiger charge is 2.31. The second-order valence-electron chi connectivity index (χ2n) is 5.90. The fourth-order valence-electron chi connectivity index (χ4n) is 3.04. The Balaban J connectivity index is 2.11. The van der Waals surface area contributed by atoms with Crippen LogP contribution in [0, 0.1) is 13.8 Å². The maximum atomic E-state index is 12.6. The Hall–Kier alpha value is -2.34. The van der Waals surface area contributed by atoms with E-state index in [4.69, 9.17) is 0 Å². The van der Waals surface area contributed by atoms with Crippen molar-refractivity contribution in [1.82, 2.24) is 9.97 Å². The molecule has 2 N–H and O–H groups in total. The fraction of sp³-hybridized carbons (Fsp3) is 0.278. The summed E-state index contributed by atoms with van der Waals surface area (Å²) in [6, 6.07) is 6.07. The van der Waals surface area contributed by atoms with E-state index in [1.165, 1.54) is 11.8 Å². The van der Waals surface area contributed by atoms with E-state index in [-0.39, 0.29) is 23.8 Å². The lowest BCUT2D eigenvalue weighted by Crippen LogP contribution is -2.31. The predicted octanol–water partition coefficient (Wildman–Crippen LogP) is 3.14. The molecule has 1 amide bonds. The third-order valence-electron chi connectivity index (χ3n) is 4.07. The van der Waals surface area contributed by atoms with Gasteiger partial charge in [0.1, 0.15) is 5.82 Å². The largest absolute Gasteiger partial charge is 0.310 e. The summed E-state index contributed by atoms with van der Waals surface area (Å²) in [5.41, 5.74) is 3.56. The molecule has 0 spiro atoms. The van der Waals surface area contributed by atoms with E-state index in [2.05, 4.69) is 27.9 Å². The number of anilines is 1. The molecule has 1 aromatic carbocycles. The number of aromatic amines is 1. The van der Waals surface area contributed by atoms with E-state index in [0.29, 0.717) is 22.3 Å². The maximum Gasteiger partial charge on any atom is 0.257 e. The molecule has 24 heavy (non-hydrogen) atoms. The van der Waals surface area contributed by atoms with E-state index >= 15 is 0 Å². The van der Waals surface area contributed by atoms with Crippen molar-refractivity contribution in [2.45, 2.75) is 31.3 Å². The number of amides is 1. The zero-order valence-corrected chi connectivity index (χ0v) is 14.5. The van der Waals surface area contributed by atoms with Gasteiger partial charge in [0.2, 0.25) is 5.91 Å². The maximum absolute atomic E-state index is 12.6. The van der Waals surface area contributed by atoms with Crippen LogP contribution in [0.25, 0.3) is 0 Å². The van der Waals surface area contributed by atoms with Crippen molar-refractivity contribution >= 4 is 23.5 Å². The number of carbonyl (C=O) groups is 1. The first kappa shape index (κ1) is 16.5. The van der Waals surface area contributed by atoms with Crippen molar-refractivity contribution in [3.05, 3.63) is 63.5 Å². The van der Waals surface area contributed by atoms with Crippen LogP contribution in [0.15, 0.2) is 40.8 Å². The third-order valence-corrected chi connectivity index (χ3v) is 4.94. The number of thioether (sulfide) groups is 1. The highest BCUT2D eigenvalue weighted by Crippen LogP contribution is 2.36. The first-order chi connectivity index (χ1) is 11.5. The van der Waals surface area contributed by atoms with Crippen LogP contribution in [0.4, 0.5) is 5.82 Å². The van der Waals surface area contributed by atoms with E-state index in [9.17, 15) is 9.59 Å². The molecule has 0 radical (unpaired) electrons. The Labute approximate surface area is 144 Å². The zero-order chi connectivity index (χ0) is 17.3. The van der Waals surface area contributed by atoms with Crippen LogP contribution in [0.1, 0.15) is 34.6 Å². The van der Waals surface area contributed by atoms with E-state index in [1.807, 2.05) is 26.0 Å².